The summed E-state index contributed by atoms with van der Waals surface area (Å²) in [4.78, 5) is 23.1. The molecule has 2 bridgehead atoms. The minimum atomic E-state index is -0.921. The van der Waals surface area contributed by atoms with Crippen LogP contribution in [0.3, 0.4) is 0 Å². The van der Waals surface area contributed by atoms with Gasteiger partial charge in [0.1, 0.15) is 6.04 Å². The van der Waals surface area contributed by atoms with Crippen molar-refractivity contribution in [3.8, 4) is 0 Å². The van der Waals surface area contributed by atoms with Gasteiger partial charge < -0.3 is 10.4 Å². The van der Waals surface area contributed by atoms with Gasteiger partial charge in [-0.05, 0) is 55.4 Å². The van der Waals surface area contributed by atoms with E-state index in [1.54, 1.807) is 11.8 Å². The Balaban J connectivity index is 1.77. The average molecular weight is 285 g/mol. The van der Waals surface area contributed by atoms with Gasteiger partial charge in [0.15, 0.2) is 0 Å². The van der Waals surface area contributed by atoms with Crippen molar-refractivity contribution < 1.29 is 14.7 Å². The second-order valence-electron chi connectivity index (χ2n) is 5.88. The molecule has 0 saturated heterocycles. The number of carboxylic acids is 1. The predicted octanol–water partition coefficient (Wildman–Crippen LogP) is 2.14. The summed E-state index contributed by atoms with van der Waals surface area (Å²) < 4.78 is 0. The first-order valence-corrected chi connectivity index (χ1v) is 8.50. The van der Waals surface area contributed by atoms with E-state index in [9.17, 15) is 9.59 Å². The topological polar surface area (TPSA) is 66.4 Å². The van der Waals surface area contributed by atoms with E-state index in [-0.39, 0.29) is 5.91 Å². The van der Waals surface area contributed by atoms with Crippen LogP contribution in [0.5, 0.6) is 0 Å². The van der Waals surface area contributed by atoms with Crippen molar-refractivity contribution in [2.75, 3.05) is 12.0 Å². The first-order valence-electron chi connectivity index (χ1n) is 7.11. The van der Waals surface area contributed by atoms with E-state index in [0.29, 0.717) is 24.7 Å². The summed E-state index contributed by atoms with van der Waals surface area (Å²) in [5, 5.41) is 11.8. The Hall–Kier alpha value is -0.710. The molecule has 5 heteroatoms. The second kappa shape index (κ2) is 6.64. The Labute approximate surface area is 118 Å². The van der Waals surface area contributed by atoms with Gasteiger partial charge in [-0.1, -0.05) is 6.42 Å². The normalized spacial score (nSPS) is 30.3. The highest BCUT2D eigenvalue weighted by Gasteiger charge is 2.40. The monoisotopic (exact) mass is 285 g/mol. The van der Waals surface area contributed by atoms with Crippen LogP contribution in [0.15, 0.2) is 0 Å². The van der Waals surface area contributed by atoms with Crippen LogP contribution in [0, 0.1) is 17.8 Å². The number of thioether (sulfide) groups is 1. The standard InChI is InChI=1S/C14H23NO3S/c1-19-5-4-12(14(17)18)15-13(16)8-11-7-9-2-3-10(11)6-9/h9-12H,2-8H2,1H3,(H,15,16)(H,17,18)/t9?,10?,11?,12-/m0/s1. The first-order chi connectivity index (χ1) is 9.10. The summed E-state index contributed by atoms with van der Waals surface area (Å²) in [5.74, 6) is 1.79. The van der Waals surface area contributed by atoms with Gasteiger partial charge in [-0.3, -0.25) is 4.79 Å². The maximum Gasteiger partial charge on any atom is 0.326 e. The fourth-order valence-corrected chi connectivity index (χ4v) is 4.08. The Morgan fingerprint density at radius 3 is 2.68 bits per heavy atom. The predicted molar refractivity (Wildman–Crippen MR) is 76.1 cm³/mol. The van der Waals surface area contributed by atoms with Crippen molar-refractivity contribution >= 4 is 23.6 Å². The number of carboxylic acid groups (broad SMARTS) is 1. The summed E-state index contributed by atoms with van der Waals surface area (Å²) >= 11 is 1.60. The van der Waals surface area contributed by atoms with Gasteiger partial charge in [-0.25, -0.2) is 4.79 Å². The number of hydrogen-bond donors (Lipinski definition) is 2. The van der Waals surface area contributed by atoms with Crippen LogP contribution in [0.1, 0.15) is 38.5 Å². The lowest BCUT2D eigenvalue weighted by molar-refractivity contribution is -0.142. The molecule has 0 spiro atoms. The second-order valence-corrected chi connectivity index (χ2v) is 6.86. The van der Waals surface area contributed by atoms with E-state index < -0.39 is 12.0 Å². The smallest absolute Gasteiger partial charge is 0.326 e. The van der Waals surface area contributed by atoms with Crippen molar-refractivity contribution in [3.63, 3.8) is 0 Å². The third-order valence-electron chi connectivity index (χ3n) is 4.58. The van der Waals surface area contributed by atoms with Crippen molar-refractivity contribution in [1.82, 2.24) is 5.32 Å². The first kappa shape index (κ1) is 14.7. The third kappa shape index (κ3) is 3.88. The summed E-state index contributed by atoms with van der Waals surface area (Å²) in [7, 11) is 0. The molecule has 2 aliphatic carbocycles. The van der Waals surface area contributed by atoms with E-state index in [1.165, 1.54) is 25.7 Å². The number of aliphatic carboxylic acids is 1. The molecule has 2 saturated carbocycles. The van der Waals surface area contributed by atoms with Gasteiger partial charge in [-0.2, -0.15) is 11.8 Å². The number of nitrogens with one attached hydrogen (secondary N) is 1. The van der Waals surface area contributed by atoms with Gasteiger partial charge in [0, 0.05) is 6.42 Å². The number of carbonyl (C=O) groups excluding carboxylic acids is 1. The highest BCUT2D eigenvalue weighted by atomic mass is 32.2. The van der Waals surface area contributed by atoms with Crippen molar-refractivity contribution in [1.29, 1.82) is 0 Å². The van der Waals surface area contributed by atoms with Crippen LogP contribution >= 0.6 is 11.8 Å². The number of carbonyl (C=O) groups is 2. The fraction of sp³-hybridized carbons (Fsp3) is 0.857. The van der Waals surface area contributed by atoms with E-state index in [0.717, 1.165) is 11.7 Å². The molecule has 2 rings (SSSR count). The molecule has 108 valence electrons. The molecular formula is C14H23NO3S. The van der Waals surface area contributed by atoms with Crippen molar-refractivity contribution in [3.05, 3.63) is 0 Å². The van der Waals surface area contributed by atoms with Crippen molar-refractivity contribution in [2.24, 2.45) is 17.8 Å². The quantitative estimate of drug-likeness (QED) is 0.752. The molecule has 0 aromatic carbocycles. The third-order valence-corrected chi connectivity index (χ3v) is 5.22. The number of amides is 1. The van der Waals surface area contributed by atoms with Crippen molar-refractivity contribution in [2.45, 2.75) is 44.6 Å². The molecule has 2 aliphatic rings. The lowest BCUT2D eigenvalue weighted by Crippen LogP contribution is -2.42. The fourth-order valence-electron chi connectivity index (χ4n) is 3.61. The summed E-state index contributed by atoms with van der Waals surface area (Å²) in [5.41, 5.74) is 0. The zero-order chi connectivity index (χ0) is 13.8. The maximum absolute atomic E-state index is 12.0. The highest BCUT2D eigenvalue weighted by Crippen LogP contribution is 2.49. The van der Waals surface area contributed by atoms with E-state index in [1.807, 2.05) is 6.26 Å². The van der Waals surface area contributed by atoms with E-state index >= 15 is 0 Å². The molecule has 1 amide bonds. The summed E-state index contributed by atoms with van der Waals surface area (Å²) in [6.45, 7) is 0. The molecule has 0 aliphatic heterocycles. The molecule has 0 aromatic heterocycles. The molecule has 19 heavy (non-hydrogen) atoms. The SMILES string of the molecule is CSCC[C@H](NC(=O)CC1CC2CCC1C2)C(=O)O. The minimum Gasteiger partial charge on any atom is -0.480 e. The van der Waals surface area contributed by atoms with Crippen LogP contribution in [0.25, 0.3) is 0 Å². The summed E-state index contributed by atoms with van der Waals surface area (Å²) in [6.07, 6.45) is 8.00. The van der Waals surface area contributed by atoms with Gasteiger partial charge in [0.05, 0.1) is 0 Å². The molecule has 3 unspecified atom stereocenters. The van der Waals surface area contributed by atoms with Gasteiger partial charge in [-0.15, -0.1) is 0 Å². The van der Waals surface area contributed by atoms with Crippen LogP contribution < -0.4 is 5.32 Å². The van der Waals surface area contributed by atoms with Gasteiger partial charge in [0.2, 0.25) is 5.91 Å². The van der Waals surface area contributed by atoms with Gasteiger partial charge in [0.25, 0.3) is 0 Å². The number of rotatable bonds is 7. The Morgan fingerprint density at radius 2 is 2.16 bits per heavy atom. The number of hydrogen-bond acceptors (Lipinski definition) is 3. The largest absolute Gasteiger partial charge is 0.480 e. The van der Waals surface area contributed by atoms with Crippen LogP contribution in [-0.4, -0.2) is 35.0 Å². The number of fused-ring (bicyclic) bond motifs is 2. The average Bonchev–Trinajstić information content (AvgIpc) is 2.96. The Bertz CT molecular complexity index is 348. The minimum absolute atomic E-state index is 0.0777. The van der Waals surface area contributed by atoms with E-state index in [4.69, 9.17) is 5.11 Å². The molecule has 4 atom stereocenters. The Kier molecular flexibility index (Phi) is 5.13. The van der Waals surface area contributed by atoms with Crippen LogP contribution in [0.2, 0.25) is 0 Å². The molecule has 4 nitrogen and oxygen atoms in total. The zero-order valence-electron chi connectivity index (χ0n) is 11.4. The van der Waals surface area contributed by atoms with Crippen LogP contribution in [0.4, 0.5) is 0 Å². The van der Waals surface area contributed by atoms with Crippen LogP contribution in [-0.2, 0) is 9.59 Å². The van der Waals surface area contributed by atoms with Gasteiger partial charge >= 0.3 is 5.97 Å². The molecule has 2 N–H and O–H groups in total. The summed E-state index contributed by atoms with van der Waals surface area (Å²) in [6, 6.07) is -0.724. The molecule has 0 radical (unpaired) electrons. The Morgan fingerprint density at radius 1 is 1.37 bits per heavy atom. The lowest BCUT2D eigenvalue weighted by Gasteiger charge is -2.22. The van der Waals surface area contributed by atoms with E-state index in [2.05, 4.69) is 5.32 Å². The molecule has 2 fully saturated rings. The molecule has 0 aromatic rings. The molecule has 0 heterocycles. The zero-order valence-corrected chi connectivity index (χ0v) is 12.2. The molecular weight excluding hydrogens is 262 g/mol. The maximum atomic E-state index is 12.0. The lowest BCUT2D eigenvalue weighted by atomic mass is 9.86. The highest BCUT2D eigenvalue weighted by molar-refractivity contribution is 7.98.